The Morgan fingerprint density at radius 2 is 1.36 bits per heavy atom. The molecular formula is C29H24N2O5. The molecule has 0 atom stereocenters. The normalized spacial score (nSPS) is 11.2. The van der Waals surface area contributed by atoms with E-state index in [0.29, 0.717) is 28.0 Å². The van der Waals surface area contributed by atoms with Crippen LogP contribution in [0.15, 0.2) is 114 Å². The van der Waals surface area contributed by atoms with Gasteiger partial charge in [-0.15, -0.1) is 0 Å². The van der Waals surface area contributed by atoms with Crippen molar-refractivity contribution in [2.45, 2.75) is 5.60 Å². The fraction of sp³-hybridized carbons (Fsp3) is 0.0690. The number of hydrogen-bond acceptors (Lipinski definition) is 6. The first-order valence-electron chi connectivity index (χ1n) is 11.1. The lowest BCUT2D eigenvalue weighted by Crippen LogP contribution is -2.43. The van der Waals surface area contributed by atoms with Crippen molar-refractivity contribution in [2.24, 2.45) is 5.10 Å². The standard InChI is InChI=1S/C29H24N2O5/c1-35-25-18-17-21(19-26(25)36-27(32)22-11-5-2-6-12-22)20-30-31-28(33)29(34,23-13-7-3-8-14-23)24-15-9-4-10-16-24/h2-20,34H,1H3,(H,31,33). The summed E-state index contributed by atoms with van der Waals surface area (Å²) in [7, 11) is 1.47. The molecule has 2 N–H and O–H groups in total. The fourth-order valence-corrected chi connectivity index (χ4v) is 3.62. The van der Waals surface area contributed by atoms with Gasteiger partial charge < -0.3 is 14.6 Å². The van der Waals surface area contributed by atoms with E-state index in [1.807, 2.05) is 0 Å². The number of methoxy groups -OCH3 is 1. The van der Waals surface area contributed by atoms with Crippen molar-refractivity contribution >= 4 is 18.1 Å². The number of carbonyl (C=O) groups excluding carboxylic acids is 2. The second kappa shape index (κ2) is 11.1. The number of esters is 1. The van der Waals surface area contributed by atoms with E-state index in [9.17, 15) is 14.7 Å². The minimum atomic E-state index is -1.95. The van der Waals surface area contributed by atoms with Gasteiger partial charge in [-0.1, -0.05) is 78.9 Å². The van der Waals surface area contributed by atoms with Crippen molar-refractivity contribution in [2.75, 3.05) is 7.11 Å². The number of hydrazone groups is 1. The van der Waals surface area contributed by atoms with Gasteiger partial charge in [0, 0.05) is 0 Å². The van der Waals surface area contributed by atoms with E-state index < -0.39 is 17.5 Å². The topological polar surface area (TPSA) is 97.2 Å². The van der Waals surface area contributed by atoms with Crippen molar-refractivity contribution in [1.29, 1.82) is 0 Å². The molecule has 0 heterocycles. The van der Waals surface area contributed by atoms with Crippen LogP contribution in [0.2, 0.25) is 0 Å². The molecule has 0 unspecified atom stereocenters. The average molecular weight is 481 g/mol. The molecule has 4 rings (SSSR count). The van der Waals surface area contributed by atoms with Gasteiger partial charge in [0.05, 0.1) is 18.9 Å². The summed E-state index contributed by atoms with van der Waals surface area (Å²) in [5.74, 6) is -0.692. The molecule has 0 fully saturated rings. The van der Waals surface area contributed by atoms with Gasteiger partial charge in [-0.05, 0) is 47.0 Å². The molecule has 4 aromatic carbocycles. The Kier molecular flexibility index (Phi) is 7.53. The summed E-state index contributed by atoms with van der Waals surface area (Å²) >= 11 is 0. The van der Waals surface area contributed by atoms with Gasteiger partial charge in [0.1, 0.15) is 0 Å². The van der Waals surface area contributed by atoms with Gasteiger partial charge in [0.2, 0.25) is 0 Å². The molecule has 180 valence electrons. The smallest absolute Gasteiger partial charge is 0.343 e. The van der Waals surface area contributed by atoms with E-state index >= 15 is 0 Å². The van der Waals surface area contributed by atoms with E-state index in [2.05, 4.69) is 10.5 Å². The van der Waals surface area contributed by atoms with E-state index in [4.69, 9.17) is 9.47 Å². The molecule has 7 nitrogen and oxygen atoms in total. The van der Waals surface area contributed by atoms with Crippen LogP contribution in [0.25, 0.3) is 0 Å². The molecule has 36 heavy (non-hydrogen) atoms. The molecule has 0 aliphatic carbocycles. The first-order chi connectivity index (χ1) is 17.5. The number of nitrogens with one attached hydrogen (secondary N) is 1. The van der Waals surface area contributed by atoms with Crippen LogP contribution in [-0.2, 0) is 10.4 Å². The Labute approximate surface area is 208 Å². The Bertz CT molecular complexity index is 1320. The highest BCUT2D eigenvalue weighted by Crippen LogP contribution is 2.30. The van der Waals surface area contributed by atoms with Gasteiger partial charge >= 0.3 is 5.97 Å². The van der Waals surface area contributed by atoms with Gasteiger partial charge in [0.25, 0.3) is 5.91 Å². The lowest BCUT2D eigenvalue weighted by atomic mass is 9.85. The summed E-state index contributed by atoms with van der Waals surface area (Å²) < 4.78 is 10.8. The second-order valence-electron chi connectivity index (χ2n) is 7.81. The minimum absolute atomic E-state index is 0.201. The monoisotopic (exact) mass is 480 g/mol. The zero-order valence-corrected chi connectivity index (χ0v) is 19.5. The number of benzene rings is 4. The van der Waals surface area contributed by atoms with E-state index in [0.717, 1.165) is 0 Å². The molecule has 7 heteroatoms. The van der Waals surface area contributed by atoms with Crippen LogP contribution < -0.4 is 14.9 Å². The Balaban J connectivity index is 1.54. The number of hydrogen-bond donors (Lipinski definition) is 2. The molecule has 0 saturated heterocycles. The molecular weight excluding hydrogens is 456 g/mol. The minimum Gasteiger partial charge on any atom is -0.493 e. The van der Waals surface area contributed by atoms with Gasteiger partial charge in [-0.2, -0.15) is 5.10 Å². The first-order valence-corrected chi connectivity index (χ1v) is 11.1. The summed E-state index contributed by atoms with van der Waals surface area (Å²) in [6.07, 6.45) is 1.38. The van der Waals surface area contributed by atoms with Crippen molar-refractivity contribution in [1.82, 2.24) is 5.43 Å². The molecule has 4 aromatic rings. The first kappa shape index (κ1) is 24.4. The zero-order valence-electron chi connectivity index (χ0n) is 19.5. The lowest BCUT2D eigenvalue weighted by Gasteiger charge is -2.27. The van der Waals surface area contributed by atoms with Crippen molar-refractivity contribution < 1.29 is 24.2 Å². The van der Waals surface area contributed by atoms with Gasteiger partial charge in [-0.3, -0.25) is 4.79 Å². The summed E-state index contributed by atoms with van der Waals surface area (Å²) in [5, 5.41) is 15.5. The maximum atomic E-state index is 13.2. The Hall–Kier alpha value is -4.75. The van der Waals surface area contributed by atoms with Crippen LogP contribution in [0, 0.1) is 0 Å². The highest BCUT2D eigenvalue weighted by molar-refractivity contribution is 5.92. The Morgan fingerprint density at radius 1 is 0.806 bits per heavy atom. The summed E-state index contributed by atoms with van der Waals surface area (Å²) in [6.45, 7) is 0. The number of rotatable bonds is 8. The van der Waals surface area contributed by atoms with Crippen molar-refractivity contribution in [3.05, 3.63) is 131 Å². The third kappa shape index (κ3) is 5.32. The largest absolute Gasteiger partial charge is 0.493 e. The van der Waals surface area contributed by atoms with Crippen LogP contribution in [0.3, 0.4) is 0 Å². The third-order valence-corrected chi connectivity index (χ3v) is 5.49. The molecule has 0 bridgehead atoms. The molecule has 0 aliphatic rings. The van der Waals surface area contributed by atoms with Crippen LogP contribution >= 0.6 is 0 Å². The number of aliphatic hydroxyl groups is 1. The molecule has 0 saturated carbocycles. The quantitative estimate of drug-likeness (QED) is 0.170. The van der Waals surface area contributed by atoms with Gasteiger partial charge in [0.15, 0.2) is 17.1 Å². The molecule has 0 aliphatic heterocycles. The maximum Gasteiger partial charge on any atom is 0.343 e. The maximum absolute atomic E-state index is 13.2. The highest BCUT2D eigenvalue weighted by atomic mass is 16.6. The third-order valence-electron chi connectivity index (χ3n) is 5.49. The predicted octanol–water partition coefficient (Wildman–Crippen LogP) is 4.30. The van der Waals surface area contributed by atoms with Crippen LogP contribution in [0.4, 0.5) is 0 Å². The van der Waals surface area contributed by atoms with Crippen LogP contribution in [-0.4, -0.2) is 30.3 Å². The molecule has 0 spiro atoms. The number of carbonyl (C=O) groups is 2. The number of ether oxygens (including phenoxy) is 2. The average Bonchev–Trinajstić information content (AvgIpc) is 2.94. The number of nitrogens with zero attached hydrogens (tertiary/aromatic N) is 1. The zero-order chi connectivity index (χ0) is 25.4. The summed E-state index contributed by atoms with van der Waals surface area (Å²) in [4.78, 5) is 25.6. The van der Waals surface area contributed by atoms with E-state index in [1.165, 1.54) is 13.3 Å². The van der Waals surface area contributed by atoms with Crippen LogP contribution in [0.5, 0.6) is 11.5 Å². The van der Waals surface area contributed by atoms with Gasteiger partial charge in [-0.25, -0.2) is 10.2 Å². The SMILES string of the molecule is COc1ccc(C=NNC(=O)C(O)(c2ccccc2)c2ccccc2)cc1OC(=O)c1ccccc1. The molecule has 0 radical (unpaired) electrons. The van der Waals surface area contributed by atoms with Crippen molar-refractivity contribution in [3.8, 4) is 11.5 Å². The fourth-order valence-electron chi connectivity index (χ4n) is 3.62. The highest BCUT2D eigenvalue weighted by Gasteiger charge is 2.39. The van der Waals surface area contributed by atoms with E-state index in [1.54, 1.807) is 109 Å². The Morgan fingerprint density at radius 3 is 1.92 bits per heavy atom. The van der Waals surface area contributed by atoms with Crippen molar-refractivity contribution in [3.63, 3.8) is 0 Å². The molecule has 1 amide bonds. The summed E-state index contributed by atoms with van der Waals surface area (Å²) in [5.41, 5.74) is 2.22. The predicted molar refractivity (Wildman–Crippen MR) is 136 cm³/mol. The molecule has 0 aromatic heterocycles. The number of amides is 1. The van der Waals surface area contributed by atoms with E-state index in [-0.39, 0.29) is 5.75 Å². The second-order valence-corrected chi connectivity index (χ2v) is 7.81. The lowest BCUT2D eigenvalue weighted by molar-refractivity contribution is -0.136. The van der Waals surface area contributed by atoms with Crippen LogP contribution in [0.1, 0.15) is 27.0 Å². The summed E-state index contributed by atoms with van der Waals surface area (Å²) in [6, 6.07) is 30.7.